The number of rotatable bonds is 15. The molecule has 4 rings (SSSR count). The van der Waals surface area contributed by atoms with Gasteiger partial charge in [-0.1, -0.05) is 13.3 Å². The van der Waals surface area contributed by atoms with Crippen molar-refractivity contribution in [3.8, 4) is 17.1 Å². The third-order valence-electron chi connectivity index (χ3n) is 7.24. The zero-order valence-electron chi connectivity index (χ0n) is 24.1. The number of aryl methyl sites for hydroxylation is 2. The lowest BCUT2D eigenvalue weighted by molar-refractivity contribution is -0.769. The van der Waals surface area contributed by atoms with E-state index < -0.39 is 35.4 Å². The van der Waals surface area contributed by atoms with E-state index in [2.05, 4.69) is 24.1 Å². The highest BCUT2D eigenvalue weighted by Crippen LogP contribution is 2.36. The molecule has 0 spiro atoms. The molecule has 16 nitrogen and oxygen atoms in total. The number of aromatic amines is 1. The molecular weight excluding hydrogens is 586 g/mol. The Morgan fingerprint density at radius 3 is 2.44 bits per heavy atom. The van der Waals surface area contributed by atoms with Gasteiger partial charge in [0.2, 0.25) is 0 Å². The molecule has 0 saturated carbocycles. The van der Waals surface area contributed by atoms with Gasteiger partial charge < -0.3 is 24.5 Å². The van der Waals surface area contributed by atoms with Crippen LogP contribution in [0.1, 0.15) is 38.8 Å². The Hall–Kier alpha value is -3.96. The fourth-order valence-electron chi connectivity index (χ4n) is 5.21. The standard InChI is InChI=1S/C26H35N7O9S/c1-4-6-20-22-23(30(3)29-20)26(35)28-25(27-22)19-13-18(7-8-21(19)40-5-2)43-31-11-9-16(10-12-31)24(34)17(14-41-32(36)37)15-42-33(38)39/h7-8,13,16-17,24,34H,4-6,9-12,14-15H2,1-3H3,(H,27,28,35). The first kappa shape index (κ1) is 32.0. The number of aliphatic hydroxyl groups excluding tert-OH is 1. The molecule has 0 amide bonds. The molecule has 1 aliphatic heterocycles. The molecule has 234 valence electrons. The van der Waals surface area contributed by atoms with E-state index in [9.17, 15) is 30.1 Å². The molecule has 1 aliphatic rings. The van der Waals surface area contributed by atoms with Gasteiger partial charge in [0.25, 0.3) is 15.7 Å². The topological polar surface area (TPSA) is 201 Å². The maximum atomic E-state index is 13.1. The van der Waals surface area contributed by atoms with Crippen LogP contribution in [0.3, 0.4) is 0 Å². The molecule has 1 unspecified atom stereocenters. The van der Waals surface area contributed by atoms with E-state index in [0.29, 0.717) is 67.1 Å². The van der Waals surface area contributed by atoms with Crippen LogP contribution in [-0.4, -0.2) is 78.3 Å². The van der Waals surface area contributed by atoms with Crippen molar-refractivity contribution >= 4 is 23.0 Å². The number of piperidine rings is 1. The Balaban J connectivity index is 1.49. The predicted molar refractivity (Wildman–Crippen MR) is 155 cm³/mol. The summed E-state index contributed by atoms with van der Waals surface area (Å²) in [6.45, 7) is 4.51. The monoisotopic (exact) mass is 621 g/mol. The van der Waals surface area contributed by atoms with Crippen LogP contribution in [-0.2, 0) is 23.1 Å². The number of H-pyrrole nitrogens is 1. The lowest BCUT2D eigenvalue weighted by atomic mass is 9.85. The van der Waals surface area contributed by atoms with Crippen molar-refractivity contribution in [3.63, 3.8) is 0 Å². The fourth-order valence-corrected chi connectivity index (χ4v) is 6.20. The lowest BCUT2D eigenvalue weighted by Crippen LogP contribution is -2.41. The molecule has 17 heteroatoms. The van der Waals surface area contributed by atoms with Gasteiger partial charge in [-0.15, -0.1) is 20.2 Å². The van der Waals surface area contributed by atoms with Gasteiger partial charge in [0.1, 0.15) is 30.3 Å². The van der Waals surface area contributed by atoms with E-state index in [1.807, 2.05) is 32.0 Å². The zero-order chi connectivity index (χ0) is 31.1. The van der Waals surface area contributed by atoms with Crippen LogP contribution in [0.15, 0.2) is 27.9 Å². The molecule has 0 radical (unpaired) electrons. The number of aliphatic hydroxyl groups is 1. The van der Waals surface area contributed by atoms with Crippen LogP contribution >= 0.6 is 11.9 Å². The molecule has 43 heavy (non-hydrogen) atoms. The summed E-state index contributed by atoms with van der Waals surface area (Å²) in [5.74, 6) is -0.216. The second kappa shape index (κ2) is 14.5. The van der Waals surface area contributed by atoms with Crippen molar-refractivity contribution in [1.82, 2.24) is 24.1 Å². The molecule has 2 N–H and O–H groups in total. The first-order valence-electron chi connectivity index (χ1n) is 14.0. The van der Waals surface area contributed by atoms with Gasteiger partial charge in [-0.2, -0.15) is 5.10 Å². The Bertz CT molecular complexity index is 1470. The molecule has 2 aromatic heterocycles. The highest BCUT2D eigenvalue weighted by molar-refractivity contribution is 7.97. The van der Waals surface area contributed by atoms with Crippen molar-refractivity contribution in [1.29, 1.82) is 0 Å². The van der Waals surface area contributed by atoms with Gasteiger partial charge >= 0.3 is 0 Å². The number of benzene rings is 1. The third-order valence-corrected chi connectivity index (χ3v) is 8.33. The molecule has 3 aromatic rings. The maximum absolute atomic E-state index is 13.1. The molecule has 1 atom stereocenters. The van der Waals surface area contributed by atoms with E-state index >= 15 is 0 Å². The average molecular weight is 622 g/mol. The smallest absolute Gasteiger partial charge is 0.294 e. The maximum Gasteiger partial charge on any atom is 0.294 e. The number of fused-ring (bicyclic) bond motifs is 1. The highest BCUT2D eigenvalue weighted by Gasteiger charge is 2.33. The Morgan fingerprint density at radius 1 is 1.16 bits per heavy atom. The Kier molecular flexibility index (Phi) is 10.8. The van der Waals surface area contributed by atoms with E-state index in [1.165, 1.54) is 11.9 Å². The SMILES string of the molecule is CCCc1nn(C)c2c(=O)[nH]c(-c3cc(SN4CCC(C(O)C(CO[N+](=O)[O-])CO[N+](=O)[O-])CC4)ccc3OCC)nc12. The average Bonchev–Trinajstić information content (AvgIpc) is 3.29. The van der Waals surface area contributed by atoms with E-state index in [1.54, 1.807) is 11.7 Å². The van der Waals surface area contributed by atoms with Crippen molar-refractivity contribution in [2.24, 2.45) is 18.9 Å². The number of hydrogen-bond donors (Lipinski definition) is 2. The predicted octanol–water partition coefficient (Wildman–Crippen LogP) is 2.79. The summed E-state index contributed by atoms with van der Waals surface area (Å²) in [7, 11) is 1.73. The quantitative estimate of drug-likeness (QED) is 0.143. The minimum atomic E-state index is -1.08. The number of ether oxygens (including phenoxy) is 1. The number of nitrogens with zero attached hydrogens (tertiary/aromatic N) is 6. The van der Waals surface area contributed by atoms with Crippen LogP contribution in [0.25, 0.3) is 22.4 Å². The van der Waals surface area contributed by atoms with Crippen LogP contribution in [0.2, 0.25) is 0 Å². The molecule has 1 saturated heterocycles. The summed E-state index contributed by atoms with van der Waals surface area (Å²) >= 11 is 1.51. The Labute approximate surface area is 250 Å². The third kappa shape index (κ3) is 7.91. The van der Waals surface area contributed by atoms with E-state index in [4.69, 9.17) is 9.72 Å². The summed E-state index contributed by atoms with van der Waals surface area (Å²) < 4.78 is 9.54. The summed E-state index contributed by atoms with van der Waals surface area (Å²) in [6.07, 6.45) is 1.58. The van der Waals surface area contributed by atoms with Crippen LogP contribution in [0.5, 0.6) is 5.75 Å². The molecule has 0 bridgehead atoms. The minimum Gasteiger partial charge on any atom is -0.493 e. The van der Waals surface area contributed by atoms with Crippen LogP contribution in [0.4, 0.5) is 0 Å². The molecular formula is C26H35N7O9S. The lowest BCUT2D eigenvalue weighted by Gasteiger charge is -2.35. The van der Waals surface area contributed by atoms with Crippen molar-refractivity contribution < 1.29 is 29.7 Å². The summed E-state index contributed by atoms with van der Waals surface area (Å²) in [5.41, 5.74) is 2.09. The first-order valence-corrected chi connectivity index (χ1v) is 14.8. The number of nitrogens with one attached hydrogen (secondary N) is 1. The van der Waals surface area contributed by atoms with Gasteiger partial charge in [-0.3, -0.25) is 9.48 Å². The molecule has 1 aromatic carbocycles. The second-order valence-electron chi connectivity index (χ2n) is 10.2. The molecule has 3 heterocycles. The summed E-state index contributed by atoms with van der Waals surface area (Å²) in [5, 5.41) is 34.6. The molecule has 1 fully saturated rings. The first-order chi connectivity index (χ1) is 20.6. The van der Waals surface area contributed by atoms with Gasteiger partial charge in [0.15, 0.2) is 5.52 Å². The summed E-state index contributed by atoms with van der Waals surface area (Å²) in [4.78, 5) is 51.6. The number of aromatic nitrogens is 4. The fraction of sp³-hybridized carbons (Fsp3) is 0.577. The minimum absolute atomic E-state index is 0.249. The van der Waals surface area contributed by atoms with Crippen molar-refractivity contribution in [2.75, 3.05) is 32.9 Å². The van der Waals surface area contributed by atoms with Gasteiger partial charge in [0.05, 0.1) is 24.0 Å². The summed E-state index contributed by atoms with van der Waals surface area (Å²) in [6, 6.07) is 5.67. The van der Waals surface area contributed by atoms with E-state index in [-0.39, 0.29) is 11.5 Å². The normalized spacial score (nSPS) is 15.1. The molecule has 0 aliphatic carbocycles. The van der Waals surface area contributed by atoms with Gasteiger partial charge in [0, 0.05) is 31.0 Å². The largest absolute Gasteiger partial charge is 0.493 e. The van der Waals surface area contributed by atoms with Crippen molar-refractivity contribution in [3.05, 3.63) is 54.5 Å². The van der Waals surface area contributed by atoms with Crippen LogP contribution in [0, 0.1) is 32.1 Å². The van der Waals surface area contributed by atoms with Crippen LogP contribution < -0.4 is 10.3 Å². The van der Waals surface area contributed by atoms with Gasteiger partial charge in [-0.25, -0.2) is 9.29 Å². The number of hydrogen-bond acceptors (Lipinski definition) is 13. The van der Waals surface area contributed by atoms with Gasteiger partial charge in [-0.05, 0) is 62.3 Å². The van der Waals surface area contributed by atoms with Crippen molar-refractivity contribution in [2.45, 2.75) is 50.5 Å². The highest BCUT2D eigenvalue weighted by atomic mass is 32.2. The Morgan fingerprint density at radius 2 is 1.84 bits per heavy atom. The second-order valence-corrected chi connectivity index (χ2v) is 11.3. The zero-order valence-corrected chi connectivity index (χ0v) is 24.9. The van der Waals surface area contributed by atoms with E-state index in [0.717, 1.165) is 17.0 Å².